The highest BCUT2D eigenvalue weighted by Crippen LogP contribution is 2.37. The van der Waals surface area contributed by atoms with Crippen LogP contribution in [0.4, 0.5) is 0 Å². The Hall–Kier alpha value is -3.47. The lowest BCUT2D eigenvalue weighted by atomic mass is 9.86. The summed E-state index contributed by atoms with van der Waals surface area (Å²) in [7, 11) is 0. The Balaban J connectivity index is 2.05. The van der Waals surface area contributed by atoms with Gasteiger partial charge >= 0.3 is 5.97 Å². The molecule has 3 aromatic rings. The average Bonchev–Trinajstić information content (AvgIpc) is 3.02. The van der Waals surface area contributed by atoms with Gasteiger partial charge in [0.15, 0.2) is 11.5 Å². The van der Waals surface area contributed by atoms with Crippen molar-refractivity contribution in [2.45, 2.75) is 0 Å². The van der Waals surface area contributed by atoms with Gasteiger partial charge in [0.1, 0.15) is 11.3 Å². The van der Waals surface area contributed by atoms with E-state index < -0.39 is 17.5 Å². The van der Waals surface area contributed by atoms with E-state index in [-0.39, 0.29) is 33.8 Å². The highest BCUT2D eigenvalue weighted by Gasteiger charge is 2.39. The van der Waals surface area contributed by atoms with Gasteiger partial charge < -0.3 is 9.52 Å². The Bertz CT molecular complexity index is 1010. The van der Waals surface area contributed by atoms with E-state index in [4.69, 9.17) is 4.42 Å². The molecule has 4 rings (SSSR count). The van der Waals surface area contributed by atoms with Crippen molar-refractivity contribution in [1.29, 1.82) is 0 Å². The summed E-state index contributed by atoms with van der Waals surface area (Å²) in [6.45, 7) is 0. The quantitative estimate of drug-likeness (QED) is 0.612. The van der Waals surface area contributed by atoms with Crippen LogP contribution in [0.25, 0.3) is 11.3 Å². The third-order valence-electron chi connectivity index (χ3n) is 4.01. The molecule has 0 saturated heterocycles. The first-order chi connectivity index (χ1) is 11.6. The fraction of sp³-hybridized carbons (Fsp3) is 0. The number of benzene rings is 2. The maximum absolute atomic E-state index is 12.7. The van der Waals surface area contributed by atoms with Crippen LogP contribution in [0.5, 0.6) is 0 Å². The zero-order chi connectivity index (χ0) is 16.8. The van der Waals surface area contributed by atoms with E-state index >= 15 is 0 Å². The molecule has 2 aromatic carbocycles. The highest BCUT2D eigenvalue weighted by atomic mass is 16.4. The number of hydrogen-bond donors (Lipinski definition) is 1. The number of carbonyl (C=O) groups is 3. The van der Waals surface area contributed by atoms with Crippen molar-refractivity contribution >= 4 is 17.5 Å². The lowest BCUT2D eigenvalue weighted by Crippen LogP contribution is -2.21. The van der Waals surface area contributed by atoms with Crippen LogP contribution >= 0.6 is 0 Å². The van der Waals surface area contributed by atoms with E-state index in [1.54, 1.807) is 42.5 Å². The Kier molecular flexibility index (Phi) is 2.96. The van der Waals surface area contributed by atoms with E-state index in [1.807, 2.05) is 0 Å². The summed E-state index contributed by atoms with van der Waals surface area (Å²) in [5.74, 6) is -2.50. The number of ketones is 2. The molecule has 5 heteroatoms. The van der Waals surface area contributed by atoms with E-state index in [9.17, 15) is 19.5 Å². The number of carbonyl (C=O) groups excluding carboxylic acids is 2. The second kappa shape index (κ2) is 5.03. The molecular weight excluding hydrogens is 308 g/mol. The molecule has 0 amide bonds. The summed E-state index contributed by atoms with van der Waals surface area (Å²) < 4.78 is 5.57. The molecule has 1 aromatic heterocycles. The largest absolute Gasteiger partial charge is 0.478 e. The molecule has 5 nitrogen and oxygen atoms in total. The molecule has 0 radical (unpaired) electrons. The predicted octanol–water partition coefficient (Wildman–Crippen LogP) is 3.42. The molecular formula is C19H10O5. The maximum atomic E-state index is 12.7. The lowest BCUT2D eigenvalue weighted by Gasteiger charge is -2.12. The summed E-state index contributed by atoms with van der Waals surface area (Å²) in [6.07, 6.45) is 0. The monoisotopic (exact) mass is 318 g/mol. The van der Waals surface area contributed by atoms with Gasteiger partial charge in [-0.15, -0.1) is 0 Å². The number of aromatic carboxylic acids is 1. The second-order valence-electron chi connectivity index (χ2n) is 5.39. The fourth-order valence-electron chi connectivity index (χ4n) is 2.94. The van der Waals surface area contributed by atoms with Gasteiger partial charge in [0.2, 0.25) is 5.78 Å². The highest BCUT2D eigenvalue weighted by molar-refractivity contribution is 6.30. The summed E-state index contributed by atoms with van der Waals surface area (Å²) in [4.78, 5) is 37.2. The number of carboxylic acids is 1. The molecule has 1 aliphatic carbocycles. The van der Waals surface area contributed by atoms with Gasteiger partial charge in [-0.3, -0.25) is 9.59 Å². The van der Waals surface area contributed by atoms with Crippen molar-refractivity contribution in [3.05, 3.63) is 82.6 Å². The number of hydrogen-bond acceptors (Lipinski definition) is 4. The Morgan fingerprint density at radius 1 is 0.792 bits per heavy atom. The van der Waals surface area contributed by atoms with Gasteiger partial charge in [-0.2, -0.15) is 0 Å². The minimum absolute atomic E-state index is 0.0163. The molecule has 0 fully saturated rings. The first-order valence-corrected chi connectivity index (χ1v) is 7.23. The molecule has 0 saturated carbocycles. The number of furan rings is 1. The first kappa shape index (κ1) is 14.1. The third-order valence-corrected chi connectivity index (χ3v) is 4.01. The van der Waals surface area contributed by atoms with Crippen molar-refractivity contribution in [2.24, 2.45) is 0 Å². The van der Waals surface area contributed by atoms with Gasteiger partial charge in [0.25, 0.3) is 0 Å². The van der Waals surface area contributed by atoms with Crippen LogP contribution in [0, 0.1) is 0 Å². The standard InChI is InChI=1S/C19H10O5/c20-15-11-8-4-5-9-12(11)16(21)18-13(15)14(19(22)23)17(24-18)10-6-2-1-3-7-10/h1-9H,(H,22,23). The van der Waals surface area contributed by atoms with Crippen LogP contribution in [-0.2, 0) is 0 Å². The Morgan fingerprint density at radius 3 is 2.00 bits per heavy atom. The van der Waals surface area contributed by atoms with Crippen LogP contribution in [0.2, 0.25) is 0 Å². The van der Waals surface area contributed by atoms with Crippen molar-refractivity contribution in [3.8, 4) is 11.3 Å². The molecule has 0 aliphatic heterocycles. The third kappa shape index (κ3) is 1.85. The van der Waals surface area contributed by atoms with Crippen LogP contribution in [0.1, 0.15) is 42.4 Å². The van der Waals surface area contributed by atoms with Crippen molar-refractivity contribution in [2.75, 3.05) is 0 Å². The predicted molar refractivity (Wildman–Crippen MR) is 84.4 cm³/mol. The van der Waals surface area contributed by atoms with Gasteiger partial charge in [-0.1, -0.05) is 54.6 Å². The zero-order valence-electron chi connectivity index (χ0n) is 12.3. The normalized spacial score (nSPS) is 12.7. The van der Waals surface area contributed by atoms with E-state index in [0.29, 0.717) is 5.56 Å². The fourth-order valence-corrected chi connectivity index (χ4v) is 2.94. The van der Waals surface area contributed by atoms with Crippen LogP contribution < -0.4 is 0 Å². The Morgan fingerprint density at radius 2 is 1.38 bits per heavy atom. The van der Waals surface area contributed by atoms with Crippen molar-refractivity contribution in [1.82, 2.24) is 0 Å². The topological polar surface area (TPSA) is 84.6 Å². The van der Waals surface area contributed by atoms with Gasteiger partial charge in [0.05, 0.1) is 5.56 Å². The van der Waals surface area contributed by atoms with Gasteiger partial charge in [0, 0.05) is 16.7 Å². The number of rotatable bonds is 2. The van der Waals surface area contributed by atoms with E-state index in [2.05, 4.69) is 0 Å². The van der Waals surface area contributed by atoms with Crippen molar-refractivity contribution < 1.29 is 23.9 Å². The SMILES string of the molecule is O=C1c2ccccc2C(=O)c2c1oc(-c1ccccc1)c2C(=O)O. The van der Waals surface area contributed by atoms with Gasteiger partial charge in [-0.25, -0.2) is 4.79 Å². The second-order valence-corrected chi connectivity index (χ2v) is 5.39. The van der Waals surface area contributed by atoms with Crippen molar-refractivity contribution in [3.63, 3.8) is 0 Å². The smallest absolute Gasteiger partial charge is 0.340 e. The van der Waals surface area contributed by atoms with Crippen LogP contribution in [0.3, 0.4) is 0 Å². The summed E-state index contributed by atoms with van der Waals surface area (Å²) in [6, 6.07) is 14.9. The summed E-state index contributed by atoms with van der Waals surface area (Å²) in [5, 5.41) is 9.60. The molecule has 0 spiro atoms. The first-order valence-electron chi connectivity index (χ1n) is 7.23. The lowest BCUT2D eigenvalue weighted by molar-refractivity contribution is 0.0693. The molecule has 0 atom stereocenters. The summed E-state index contributed by atoms with van der Waals surface area (Å²) in [5.41, 5.74) is 0.460. The van der Waals surface area contributed by atoms with E-state index in [1.165, 1.54) is 12.1 Å². The minimum atomic E-state index is -1.31. The molecule has 1 N–H and O–H groups in total. The molecule has 1 aliphatic rings. The van der Waals surface area contributed by atoms with E-state index in [0.717, 1.165) is 0 Å². The summed E-state index contributed by atoms with van der Waals surface area (Å²) >= 11 is 0. The maximum Gasteiger partial charge on any atom is 0.340 e. The number of carboxylic acid groups (broad SMARTS) is 1. The van der Waals surface area contributed by atoms with Gasteiger partial charge in [-0.05, 0) is 0 Å². The molecule has 116 valence electrons. The molecule has 1 heterocycles. The number of fused-ring (bicyclic) bond motifs is 2. The van der Waals surface area contributed by atoms with Crippen LogP contribution in [0.15, 0.2) is 59.0 Å². The van der Waals surface area contributed by atoms with Crippen LogP contribution in [-0.4, -0.2) is 22.6 Å². The minimum Gasteiger partial charge on any atom is -0.478 e. The average molecular weight is 318 g/mol. The Labute approximate surface area is 136 Å². The molecule has 0 unspecified atom stereocenters. The molecule has 24 heavy (non-hydrogen) atoms. The zero-order valence-corrected chi connectivity index (χ0v) is 12.3. The molecule has 0 bridgehead atoms.